The molecule has 0 radical (unpaired) electrons. The number of carbonyl (C=O) groups excluding carboxylic acids is 1. The van der Waals surface area contributed by atoms with Crippen LogP contribution >= 0.6 is 23.4 Å². The van der Waals surface area contributed by atoms with Crippen LogP contribution in [0.15, 0.2) is 52.4 Å². The SMILES string of the molecule is CCOc1ccc(C=C2SC(=Nc3ccc(Cl)cc3C(F)(F)F)NC2=O)cc1. The van der Waals surface area contributed by atoms with Gasteiger partial charge in [0, 0.05) is 5.02 Å². The van der Waals surface area contributed by atoms with E-state index in [2.05, 4.69) is 10.3 Å². The average Bonchev–Trinajstić information content (AvgIpc) is 2.97. The number of aliphatic imine (C=N–C) groups is 1. The van der Waals surface area contributed by atoms with E-state index in [1.165, 1.54) is 12.1 Å². The maximum Gasteiger partial charge on any atom is 0.418 e. The summed E-state index contributed by atoms with van der Waals surface area (Å²) in [4.78, 5) is 16.4. The molecule has 0 atom stereocenters. The molecule has 0 saturated carbocycles. The topological polar surface area (TPSA) is 50.7 Å². The third-order valence-corrected chi connectivity index (χ3v) is 4.77. The molecule has 0 unspecified atom stereocenters. The summed E-state index contributed by atoms with van der Waals surface area (Å²) >= 11 is 6.63. The second-order valence-electron chi connectivity index (χ2n) is 5.64. The molecule has 0 aliphatic carbocycles. The van der Waals surface area contributed by atoms with E-state index < -0.39 is 17.6 Å². The van der Waals surface area contributed by atoms with Gasteiger partial charge in [0.15, 0.2) is 5.17 Å². The lowest BCUT2D eigenvalue weighted by Crippen LogP contribution is -2.19. The van der Waals surface area contributed by atoms with Crippen LogP contribution in [0.4, 0.5) is 18.9 Å². The van der Waals surface area contributed by atoms with Crippen molar-refractivity contribution in [2.45, 2.75) is 13.1 Å². The molecule has 0 bridgehead atoms. The number of hydrogen-bond donors (Lipinski definition) is 1. The highest BCUT2D eigenvalue weighted by molar-refractivity contribution is 8.18. The fourth-order valence-electron chi connectivity index (χ4n) is 2.40. The first-order chi connectivity index (χ1) is 13.3. The van der Waals surface area contributed by atoms with Gasteiger partial charge in [-0.2, -0.15) is 13.2 Å². The van der Waals surface area contributed by atoms with Crippen molar-refractivity contribution in [3.63, 3.8) is 0 Å². The smallest absolute Gasteiger partial charge is 0.418 e. The van der Waals surface area contributed by atoms with Gasteiger partial charge in [-0.1, -0.05) is 23.7 Å². The van der Waals surface area contributed by atoms with Crippen molar-refractivity contribution in [1.82, 2.24) is 5.32 Å². The van der Waals surface area contributed by atoms with Crippen LogP contribution in [0.1, 0.15) is 18.1 Å². The summed E-state index contributed by atoms with van der Waals surface area (Å²) in [5, 5.41) is 2.50. The first-order valence-electron chi connectivity index (χ1n) is 8.15. The summed E-state index contributed by atoms with van der Waals surface area (Å²) in [6.45, 7) is 2.42. The van der Waals surface area contributed by atoms with Crippen LogP contribution in [-0.2, 0) is 11.0 Å². The van der Waals surface area contributed by atoms with Gasteiger partial charge in [-0.25, -0.2) is 4.99 Å². The van der Waals surface area contributed by atoms with E-state index in [1.54, 1.807) is 30.3 Å². The van der Waals surface area contributed by atoms with E-state index in [1.807, 2.05) is 6.92 Å². The Kier molecular flexibility index (Phi) is 6.00. The molecule has 3 rings (SSSR count). The number of amides is 1. The lowest BCUT2D eigenvalue weighted by atomic mass is 10.2. The number of benzene rings is 2. The molecule has 1 heterocycles. The maximum absolute atomic E-state index is 13.2. The van der Waals surface area contributed by atoms with Gasteiger partial charge < -0.3 is 10.1 Å². The van der Waals surface area contributed by atoms with E-state index >= 15 is 0 Å². The number of nitrogens with one attached hydrogen (secondary N) is 1. The number of nitrogens with zero attached hydrogens (tertiary/aromatic N) is 1. The highest BCUT2D eigenvalue weighted by atomic mass is 35.5. The minimum Gasteiger partial charge on any atom is -0.494 e. The molecule has 1 fully saturated rings. The zero-order valence-electron chi connectivity index (χ0n) is 14.5. The van der Waals surface area contributed by atoms with E-state index in [9.17, 15) is 18.0 Å². The van der Waals surface area contributed by atoms with Crippen LogP contribution in [0.25, 0.3) is 6.08 Å². The van der Waals surface area contributed by atoms with Crippen molar-refractivity contribution in [3.05, 3.63) is 63.5 Å². The molecule has 0 aromatic heterocycles. The molecule has 1 amide bonds. The second-order valence-corrected chi connectivity index (χ2v) is 7.11. The summed E-state index contributed by atoms with van der Waals surface area (Å²) in [5.41, 5.74) is -0.530. The molecule has 4 nitrogen and oxygen atoms in total. The minimum atomic E-state index is -4.61. The lowest BCUT2D eigenvalue weighted by molar-refractivity contribution is -0.137. The maximum atomic E-state index is 13.2. The summed E-state index contributed by atoms with van der Waals surface area (Å²) in [5.74, 6) is 0.276. The second kappa shape index (κ2) is 8.28. The first kappa shape index (κ1) is 20.3. The van der Waals surface area contributed by atoms with Crippen LogP contribution in [0.3, 0.4) is 0 Å². The Balaban J connectivity index is 1.85. The largest absolute Gasteiger partial charge is 0.494 e. The van der Waals surface area contributed by atoms with Crippen LogP contribution in [-0.4, -0.2) is 17.7 Å². The Morgan fingerprint density at radius 3 is 2.57 bits per heavy atom. The number of ether oxygens (including phenoxy) is 1. The van der Waals surface area contributed by atoms with Crippen molar-refractivity contribution in [2.75, 3.05) is 6.61 Å². The summed E-state index contributed by atoms with van der Waals surface area (Å²) in [7, 11) is 0. The summed E-state index contributed by atoms with van der Waals surface area (Å²) < 4.78 is 44.9. The Bertz CT molecular complexity index is 957. The van der Waals surface area contributed by atoms with E-state index in [4.69, 9.17) is 16.3 Å². The van der Waals surface area contributed by atoms with Crippen LogP contribution in [0, 0.1) is 0 Å². The molecule has 2 aromatic carbocycles. The zero-order chi connectivity index (χ0) is 20.3. The van der Waals surface area contributed by atoms with E-state index in [0.29, 0.717) is 17.3 Å². The van der Waals surface area contributed by atoms with Gasteiger partial charge in [-0.3, -0.25) is 4.79 Å². The van der Waals surface area contributed by atoms with E-state index in [-0.39, 0.29) is 15.9 Å². The molecule has 2 aromatic rings. The molecule has 1 aliphatic heterocycles. The van der Waals surface area contributed by atoms with Gasteiger partial charge in [0.05, 0.1) is 22.8 Å². The standard InChI is InChI=1S/C19H14ClF3N2O2S/c1-2-27-13-6-3-11(4-7-13)9-16-17(26)25-18(28-16)24-15-8-5-12(20)10-14(15)19(21,22)23/h3-10H,2H2,1H3,(H,24,25,26). The molecule has 28 heavy (non-hydrogen) atoms. The van der Waals surface area contributed by atoms with Crippen molar-refractivity contribution < 1.29 is 22.7 Å². The molecule has 9 heteroatoms. The highest BCUT2D eigenvalue weighted by Gasteiger charge is 2.34. The molecule has 1 aliphatic rings. The third-order valence-electron chi connectivity index (χ3n) is 3.63. The molecule has 146 valence electrons. The number of hydrogen-bond acceptors (Lipinski definition) is 4. The minimum absolute atomic E-state index is 0.0459. The fraction of sp³-hybridized carbons (Fsp3) is 0.158. The van der Waals surface area contributed by atoms with Crippen molar-refractivity contribution >= 4 is 46.2 Å². The van der Waals surface area contributed by atoms with Gasteiger partial charge in [0.1, 0.15) is 5.75 Å². The zero-order valence-corrected chi connectivity index (χ0v) is 16.1. The summed E-state index contributed by atoms with van der Waals surface area (Å²) in [6, 6.07) is 10.4. The van der Waals surface area contributed by atoms with Crippen molar-refractivity contribution in [3.8, 4) is 5.75 Å². The molecular formula is C19H14ClF3N2O2S. The predicted octanol–water partition coefficient (Wildman–Crippen LogP) is 5.65. The van der Waals surface area contributed by atoms with Gasteiger partial charge in [-0.05, 0) is 60.7 Å². The highest BCUT2D eigenvalue weighted by Crippen LogP contribution is 2.39. The van der Waals surface area contributed by atoms with E-state index in [0.717, 1.165) is 23.4 Å². The number of rotatable bonds is 4. The molecule has 1 saturated heterocycles. The fourth-order valence-corrected chi connectivity index (χ4v) is 3.41. The monoisotopic (exact) mass is 426 g/mol. The third kappa shape index (κ3) is 4.88. The van der Waals surface area contributed by atoms with Gasteiger partial charge in [-0.15, -0.1) is 0 Å². The van der Waals surface area contributed by atoms with Gasteiger partial charge in [0.25, 0.3) is 5.91 Å². The Labute approximate surface area is 168 Å². The molecule has 1 N–H and O–H groups in total. The average molecular weight is 427 g/mol. The normalized spacial score (nSPS) is 17.2. The van der Waals surface area contributed by atoms with Crippen LogP contribution < -0.4 is 10.1 Å². The summed E-state index contributed by atoms with van der Waals surface area (Å²) in [6.07, 6.45) is -2.98. The number of alkyl halides is 3. The Morgan fingerprint density at radius 1 is 1.21 bits per heavy atom. The van der Waals surface area contributed by atoms with Crippen LogP contribution in [0.5, 0.6) is 5.75 Å². The van der Waals surface area contributed by atoms with Crippen molar-refractivity contribution in [1.29, 1.82) is 0 Å². The molecule has 0 spiro atoms. The number of thioether (sulfide) groups is 1. The number of carbonyl (C=O) groups is 1. The van der Waals surface area contributed by atoms with Gasteiger partial charge in [0.2, 0.25) is 0 Å². The first-order valence-corrected chi connectivity index (χ1v) is 9.35. The van der Waals surface area contributed by atoms with Crippen LogP contribution in [0.2, 0.25) is 5.02 Å². The Hall–Kier alpha value is -2.45. The molecular weight excluding hydrogens is 413 g/mol. The Morgan fingerprint density at radius 2 is 1.93 bits per heavy atom. The number of amidine groups is 1. The lowest BCUT2D eigenvalue weighted by Gasteiger charge is -2.10. The predicted molar refractivity (Wildman–Crippen MR) is 105 cm³/mol. The quantitative estimate of drug-likeness (QED) is 0.643. The van der Waals surface area contributed by atoms with Gasteiger partial charge >= 0.3 is 6.18 Å². The number of halogens is 4. The van der Waals surface area contributed by atoms with Crippen molar-refractivity contribution in [2.24, 2.45) is 4.99 Å².